The maximum absolute atomic E-state index is 3.60. The number of rotatable bonds is 13. The van der Waals surface area contributed by atoms with Crippen molar-refractivity contribution in [1.82, 2.24) is 5.32 Å². The third-order valence-corrected chi connectivity index (χ3v) is 3.79. The Hall–Kier alpha value is -0.0400. The van der Waals surface area contributed by atoms with Gasteiger partial charge in [0.25, 0.3) is 0 Å². The molecule has 0 heterocycles. The van der Waals surface area contributed by atoms with Crippen molar-refractivity contribution in [2.45, 2.75) is 85.0 Å². The standard InChI is InChI=1S/C16H35N/c1-4-7-8-9-10-11-12-13-14-17-15-16(5-2)6-3/h16-17H,4-15H2,1-3H3. The van der Waals surface area contributed by atoms with E-state index in [0.29, 0.717) is 0 Å². The Morgan fingerprint density at radius 2 is 1.24 bits per heavy atom. The monoisotopic (exact) mass is 241 g/mol. The molecule has 0 amide bonds. The molecule has 0 aromatic heterocycles. The minimum Gasteiger partial charge on any atom is -0.316 e. The first-order valence-electron chi connectivity index (χ1n) is 8.05. The number of unbranched alkanes of at least 4 members (excludes halogenated alkanes) is 7. The van der Waals surface area contributed by atoms with Gasteiger partial charge in [-0.25, -0.2) is 0 Å². The largest absolute Gasteiger partial charge is 0.316 e. The second-order valence-electron chi connectivity index (χ2n) is 5.36. The van der Waals surface area contributed by atoms with Gasteiger partial charge in [0.1, 0.15) is 0 Å². The second-order valence-corrected chi connectivity index (χ2v) is 5.36. The molecule has 0 atom stereocenters. The van der Waals surface area contributed by atoms with Gasteiger partial charge in [0.05, 0.1) is 0 Å². The summed E-state index contributed by atoms with van der Waals surface area (Å²) in [5, 5.41) is 3.60. The number of nitrogens with one attached hydrogen (secondary N) is 1. The molecule has 0 saturated heterocycles. The molecule has 1 heteroatoms. The van der Waals surface area contributed by atoms with E-state index in [1.165, 1.54) is 77.3 Å². The Balaban J connectivity index is 3.03. The highest BCUT2D eigenvalue weighted by Crippen LogP contribution is 2.08. The predicted molar refractivity (Wildman–Crippen MR) is 79.6 cm³/mol. The fraction of sp³-hybridized carbons (Fsp3) is 1.00. The fourth-order valence-corrected chi connectivity index (χ4v) is 2.27. The summed E-state index contributed by atoms with van der Waals surface area (Å²) in [5.41, 5.74) is 0. The first-order valence-corrected chi connectivity index (χ1v) is 8.05. The fourth-order valence-electron chi connectivity index (χ4n) is 2.27. The van der Waals surface area contributed by atoms with Crippen molar-refractivity contribution in [3.8, 4) is 0 Å². The van der Waals surface area contributed by atoms with E-state index in [0.717, 1.165) is 5.92 Å². The summed E-state index contributed by atoms with van der Waals surface area (Å²) in [4.78, 5) is 0. The predicted octanol–water partition coefficient (Wildman–Crippen LogP) is 5.15. The average Bonchev–Trinajstić information content (AvgIpc) is 2.36. The maximum atomic E-state index is 3.60. The Morgan fingerprint density at radius 1 is 0.706 bits per heavy atom. The van der Waals surface area contributed by atoms with Gasteiger partial charge in [0, 0.05) is 0 Å². The molecule has 0 unspecified atom stereocenters. The van der Waals surface area contributed by atoms with Gasteiger partial charge in [-0.1, -0.05) is 78.6 Å². The molecule has 0 aromatic carbocycles. The number of hydrogen-bond donors (Lipinski definition) is 1. The van der Waals surface area contributed by atoms with Crippen LogP contribution in [0.25, 0.3) is 0 Å². The lowest BCUT2D eigenvalue weighted by molar-refractivity contribution is 0.443. The van der Waals surface area contributed by atoms with Gasteiger partial charge in [-0.05, 0) is 25.4 Å². The molecule has 0 bridgehead atoms. The molecular weight excluding hydrogens is 206 g/mol. The highest BCUT2D eigenvalue weighted by atomic mass is 14.8. The van der Waals surface area contributed by atoms with Crippen LogP contribution >= 0.6 is 0 Å². The second kappa shape index (κ2) is 14.0. The van der Waals surface area contributed by atoms with Crippen molar-refractivity contribution in [1.29, 1.82) is 0 Å². The van der Waals surface area contributed by atoms with Crippen LogP contribution in [0.3, 0.4) is 0 Å². The van der Waals surface area contributed by atoms with Gasteiger partial charge in [-0.15, -0.1) is 0 Å². The molecular formula is C16H35N. The third-order valence-electron chi connectivity index (χ3n) is 3.79. The molecule has 0 aromatic rings. The molecule has 17 heavy (non-hydrogen) atoms. The summed E-state index contributed by atoms with van der Waals surface area (Å²) in [7, 11) is 0. The van der Waals surface area contributed by atoms with E-state index in [1.807, 2.05) is 0 Å². The van der Waals surface area contributed by atoms with Crippen LogP contribution in [0.15, 0.2) is 0 Å². The summed E-state index contributed by atoms with van der Waals surface area (Å²) in [6.45, 7) is 9.33. The van der Waals surface area contributed by atoms with E-state index >= 15 is 0 Å². The molecule has 0 aliphatic rings. The molecule has 0 spiro atoms. The summed E-state index contributed by atoms with van der Waals surface area (Å²) < 4.78 is 0. The van der Waals surface area contributed by atoms with Gasteiger partial charge < -0.3 is 5.32 Å². The van der Waals surface area contributed by atoms with Gasteiger partial charge in [0.2, 0.25) is 0 Å². The van der Waals surface area contributed by atoms with Crippen LogP contribution in [0, 0.1) is 5.92 Å². The van der Waals surface area contributed by atoms with Crippen LogP contribution in [-0.2, 0) is 0 Å². The zero-order valence-corrected chi connectivity index (χ0v) is 12.6. The van der Waals surface area contributed by atoms with Gasteiger partial charge >= 0.3 is 0 Å². The molecule has 0 saturated carbocycles. The van der Waals surface area contributed by atoms with E-state index in [4.69, 9.17) is 0 Å². The van der Waals surface area contributed by atoms with Crippen LogP contribution < -0.4 is 5.32 Å². The van der Waals surface area contributed by atoms with Crippen molar-refractivity contribution in [3.63, 3.8) is 0 Å². The van der Waals surface area contributed by atoms with Crippen LogP contribution in [0.5, 0.6) is 0 Å². The molecule has 0 radical (unpaired) electrons. The number of hydrogen-bond acceptors (Lipinski definition) is 1. The Morgan fingerprint density at radius 3 is 1.76 bits per heavy atom. The lowest BCUT2D eigenvalue weighted by Gasteiger charge is -2.12. The van der Waals surface area contributed by atoms with E-state index in [2.05, 4.69) is 26.1 Å². The van der Waals surface area contributed by atoms with Crippen LogP contribution in [0.1, 0.15) is 85.0 Å². The lowest BCUT2D eigenvalue weighted by atomic mass is 10.0. The van der Waals surface area contributed by atoms with Gasteiger partial charge in [0.15, 0.2) is 0 Å². The van der Waals surface area contributed by atoms with E-state index < -0.39 is 0 Å². The Labute approximate surface area is 110 Å². The van der Waals surface area contributed by atoms with Gasteiger partial charge in [-0.2, -0.15) is 0 Å². The van der Waals surface area contributed by atoms with Crippen molar-refractivity contribution in [3.05, 3.63) is 0 Å². The zero-order chi connectivity index (χ0) is 12.8. The summed E-state index contributed by atoms with van der Waals surface area (Å²) in [6, 6.07) is 0. The summed E-state index contributed by atoms with van der Waals surface area (Å²) in [5.74, 6) is 0.893. The Bertz CT molecular complexity index is 129. The third kappa shape index (κ3) is 12.2. The van der Waals surface area contributed by atoms with Crippen LogP contribution in [-0.4, -0.2) is 13.1 Å². The van der Waals surface area contributed by atoms with E-state index in [-0.39, 0.29) is 0 Å². The van der Waals surface area contributed by atoms with Crippen molar-refractivity contribution >= 4 is 0 Å². The van der Waals surface area contributed by atoms with Crippen LogP contribution in [0.4, 0.5) is 0 Å². The minimum atomic E-state index is 0.893. The highest BCUT2D eigenvalue weighted by Gasteiger charge is 2.01. The topological polar surface area (TPSA) is 12.0 Å². The molecule has 0 rings (SSSR count). The van der Waals surface area contributed by atoms with Crippen LogP contribution in [0.2, 0.25) is 0 Å². The average molecular weight is 241 g/mol. The SMILES string of the molecule is CCCCCCCCCCNCC(CC)CC. The molecule has 104 valence electrons. The van der Waals surface area contributed by atoms with Crippen molar-refractivity contribution in [2.24, 2.45) is 5.92 Å². The molecule has 0 fully saturated rings. The lowest BCUT2D eigenvalue weighted by Crippen LogP contribution is -2.23. The smallest absolute Gasteiger partial charge is 0.00207 e. The van der Waals surface area contributed by atoms with Gasteiger partial charge in [-0.3, -0.25) is 0 Å². The quantitative estimate of drug-likeness (QED) is 0.440. The van der Waals surface area contributed by atoms with Crippen molar-refractivity contribution in [2.75, 3.05) is 13.1 Å². The molecule has 1 nitrogen and oxygen atoms in total. The molecule has 0 aliphatic heterocycles. The first-order chi connectivity index (χ1) is 8.35. The maximum Gasteiger partial charge on any atom is -0.00207 e. The summed E-state index contributed by atoms with van der Waals surface area (Å²) in [6.07, 6.45) is 14.0. The van der Waals surface area contributed by atoms with E-state index in [1.54, 1.807) is 0 Å². The van der Waals surface area contributed by atoms with E-state index in [9.17, 15) is 0 Å². The zero-order valence-electron chi connectivity index (χ0n) is 12.6. The molecule has 0 aliphatic carbocycles. The van der Waals surface area contributed by atoms with Crippen molar-refractivity contribution < 1.29 is 0 Å². The molecule has 1 N–H and O–H groups in total. The highest BCUT2D eigenvalue weighted by molar-refractivity contribution is 4.58. The first kappa shape index (κ1) is 17.0. The minimum absolute atomic E-state index is 0.893. The Kier molecular flexibility index (Phi) is 14.0. The normalized spacial score (nSPS) is 11.3. The summed E-state index contributed by atoms with van der Waals surface area (Å²) >= 11 is 0.